The lowest BCUT2D eigenvalue weighted by atomic mass is 10.2. The van der Waals surface area contributed by atoms with E-state index in [2.05, 4.69) is 10.6 Å². The molecule has 7 heteroatoms. The summed E-state index contributed by atoms with van der Waals surface area (Å²) < 4.78 is 0. The fourth-order valence-corrected chi connectivity index (χ4v) is 2.16. The van der Waals surface area contributed by atoms with Crippen molar-refractivity contribution in [2.45, 2.75) is 25.8 Å². The average Bonchev–Trinajstić information content (AvgIpc) is 3.21. The van der Waals surface area contributed by atoms with Gasteiger partial charge in [-0.2, -0.15) is 0 Å². The summed E-state index contributed by atoms with van der Waals surface area (Å²) in [5.41, 5.74) is 0.654. The highest BCUT2D eigenvalue weighted by atomic mass is 35.5. The Hall–Kier alpha value is -1.46. The van der Waals surface area contributed by atoms with Gasteiger partial charge in [-0.25, -0.2) is 4.79 Å². The number of anilines is 1. The van der Waals surface area contributed by atoms with Gasteiger partial charge in [0.25, 0.3) is 0 Å². The third-order valence-corrected chi connectivity index (χ3v) is 3.87. The largest absolute Gasteiger partial charge is 0.336 e. The molecule has 0 heterocycles. The second-order valence-corrected chi connectivity index (χ2v) is 5.76. The molecule has 1 fully saturated rings. The second kappa shape index (κ2) is 7.00. The maximum Gasteiger partial charge on any atom is 0.315 e. The van der Waals surface area contributed by atoms with Crippen molar-refractivity contribution in [1.82, 2.24) is 10.6 Å². The van der Waals surface area contributed by atoms with Crippen LogP contribution in [0.1, 0.15) is 19.8 Å². The minimum Gasteiger partial charge on any atom is -0.336 e. The molecule has 3 amide bonds. The Balaban J connectivity index is 1.90. The number of hydrogen-bond donors (Lipinski definition) is 2. The van der Waals surface area contributed by atoms with E-state index in [0.29, 0.717) is 34.9 Å². The Kier molecular flexibility index (Phi) is 5.31. The van der Waals surface area contributed by atoms with Crippen LogP contribution in [0.25, 0.3) is 0 Å². The maximum absolute atomic E-state index is 11.7. The number of benzene rings is 1. The summed E-state index contributed by atoms with van der Waals surface area (Å²) in [6.07, 6.45) is 2.08. The number of halogens is 2. The highest BCUT2D eigenvalue weighted by molar-refractivity contribution is 6.42. The maximum atomic E-state index is 11.7. The summed E-state index contributed by atoms with van der Waals surface area (Å²) in [4.78, 5) is 24.8. The fraction of sp³-hybridized carbons (Fsp3) is 0.429. The Morgan fingerprint density at radius 3 is 2.57 bits per heavy atom. The number of nitrogens with zero attached hydrogens (tertiary/aromatic N) is 1. The quantitative estimate of drug-likeness (QED) is 0.872. The number of rotatable bonds is 5. The summed E-state index contributed by atoms with van der Waals surface area (Å²) in [5, 5.41) is 6.38. The Morgan fingerprint density at radius 2 is 2.00 bits per heavy atom. The van der Waals surface area contributed by atoms with Crippen molar-refractivity contribution >= 4 is 40.8 Å². The molecule has 1 aliphatic carbocycles. The molecule has 5 nitrogen and oxygen atoms in total. The van der Waals surface area contributed by atoms with E-state index in [0.717, 1.165) is 12.8 Å². The molecule has 0 aliphatic heterocycles. The smallest absolute Gasteiger partial charge is 0.315 e. The van der Waals surface area contributed by atoms with Crippen molar-refractivity contribution in [3.8, 4) is 0 Å². The van der Waals surface area contributed by atoms with Crippen LogP contribution in [-0.2, 0) is 4.79 Å². The summed E-state index contributed by atoms with van der Waals surface area (Å²) >= 11 is 11.8. The van der Waals surface area contributed by atoms with Gasteiger partial charge in [-0.15, -0.1) is 0 Å². The number of carbonyl (C=O) groups is 2. The third-order valence-electron chi connectivity index (χ3n) is 3.13. The summed E-state index contributed by atoms with van der Waals surface area (Å²) in [6, 6.07) is 5.11. The number of nitrogens with one attached hydrogen (secondary N) is 2. The number of hydrogen-bond acceptors (Lipinski definition) is 2. The van der Waals surface area contributed by atoms with Crippen LogP contribution < -0.4 is 15.5 Å². The third kappa shape index (κ3) is 4.79. The van der Waals surface area contributed by atoms with Crippen molar-refractivity contribution in [3.63, 3.8) is 0 Å². The zero-order chi connectivity index (χ0) is 15.4. The molecule has 0 spiro atoms. The van der Waals surface area contributed by atoms with E-state index in [1.54, 1.807) is 23.1 Å². The molecule has 21 heavy (non-hydrogen) atoms. The molecule has 1 saturated carbocycles. The zero-order valence-electron chi connectivity index (χ0n) is 11.7. The lowest BCUT2D eigenvalue weighted by Gasteiger charge is -2.22. The van der Waals surface area contributed by atoms with Gasteiger partial charge in [-0.05, 0) is 31.0 Å². The normalized spacial score (nSPS) is 13.7. The molecular weight excluding hydrogens is 313 g/mol. The SMILES string of the molecule is CC(=O)N(CCNC(=O)NC1CC1)c1ccc(Cl)c(Cl)c1. The number of carbonyl (C=O) groups excluding carboxylic acids is 2. The molecule has 114 valence electrons. The first-order valence-electron chi connectivity index (χ1n) is 6.75. The first-order valence-corrected chi connectivity index (χ1v) is 7.50. The average molecular weight is 330 g/mol. The molecule has 1 aromatic carbocycles. The van der Waals surface area contributed by atoms with Crippen LogP contribution in [0.5, 0.6) is 0 Å². The van der Waals surface area contributed by atoms with Gasteiger partial charge in [-0.3, -0.25) is 4.79 Å². The van der Waals surface area contributed by atoms with Gasteiger partial charge in [0, 0.05) is 31.7 Å². The van der Waals surface area contributed by atoms with Gasteiger partial charge in [-0.1, -0.05) is 23.2 Å². The zero-order valence-corrected chi connectivity index (χ0v) is 13.2. The highest BCUT2D eigenvalue weighted by Gasteiger charge is 2.23. The van der Waals surface area contributed by atoms with E-state index in [1.807, 2.05) is 0 Å². The van der Waals surface area contributed by atoms with Crippen molar-refractivity contribution in [2.75, 3.05) is 18.0 Å². The van der Waals surface area contributed by atoms with Gasteiger partial charge in [0.2, 0.25) is 5.91 Å². The van der Waals surface area contributed by atoms with Crippen LogP contribution in [0.3, 0.4) is 0 Å². The Bertz CT molecular complexity index is 547. The van der Waals surface area contributed by atoms with Crippen molar-refractivity contribution in [2.24, 2.45) is 0 Å². The van der Waals surface area contributed by atoms with Crippen LogP contribution in [0.4, 0.5) is 10.5 Å². The van der Waals surface area contributed by atoms with Crippen LogP contribution >= 0.6 is 23.2 Å². The summed E-state index contributed by atoms with van der Waals surface area (Å²) in [6.45, 7) is 2.19. The van der Waals surface area contributed by atoms with Crippen LogP contribution in [0, 0.1) is 0 Å². The van der Waals surface area contributed by atoms with E-state index in [1.165, 1.54) is 6.92 Å². The van der Waals surface area contributed by atoms with Gasteiger partial charge in [0.05, 0.1) is 10.0 Å². The molecule has 0 radical (unpaired) electrons. The van der Waals surface area contributed by atoms with Gasteiger partial charge in [0.15, 0.2) is 0 Å². The van der Waals surface area contributed by atoms with E-state index >= 15 is 0 Å². The van der Waals surface area contributed by atoms with Crippen molar-refractivity contribution in [1.29, 1.82) is 0 Å². The van der Waals surface area contributed by atoms with Gasteiger partial charge < -0.3 is 15.5 Å². The van der Waals surface area contributed by atoms with Crippen molar-refractivity contribution in [3.05, 3.63) is 28.2 Å². The highest BCUT2D eigenvalue weighted by Crippen LogP contribution is 2.27. The monoisotopic (exact) mass is 329 g/mol. The molecule has 0 unspecified atom stereocenters. The summed E-state index contributed by atoms with van der Waals surface area (Å²) in [5.74, 6) is -0.127. The molecule has 0 atom stereocenters. The number of amides is 3. The Labute approximate surface area is 133 Å². The first-order chi connectivity index (χ1) is 9.97. The van der Waals surface area contributed by atoms with Gasteiger partial charge in [0.1, 0.15) is 0 Å². The number of urea groups is 1. The molecule has 0 saturated heterocycles. The predicted molar refractivity (Wildman–Crippen MR) is 84.0 cm³/mol. The van der Waals surface area contributed by atoms with Crippen LogP contribution in [0.15, 0.2) is 18.2 Å². The lowest BCUT2D eigenvalue weighted by Crippen LogP contribution is -2.42. The van der Waals surface area contributed by atoms with E-state index in [9.17, 15) is 9.59 Å². The van der Waals surface area contributed by atoms with E-state index in [4.69, 9.17) is 23.2 Å². The van der Waals surface area contributed by atoms with Crippen molar-refractivity contribution < 1.29 is 9.59 Å². The van der Waals surface area contributed by atoms with E-state index in [-0.39, 0.29) is 11.9 Å². The molecular formula is C14H17Cl2N3O2. The molecule has 2 rings (SSSR count). The molecule has 2 N–H and O–H groups in total. The van der Waals surface area contributed by atoms with Crippen LogP contribution in [0.2, 0.25) is 10.0 Å². The molecule has 0 bridgehead atoms. The minimum atomic E-state index is -0.199. The molecule has 1 aromatic rings. The fourth-order valence-electron chi connectivity index (χ4n) is 1.87. The minimum absolute atomic E-state index is 0.127. The lowest BCUT2D eigenvalue weighted by molar-refractivity contribution is -0.116. The Morgan fingerprint density at radius 1 is 1.29 bits per heavy atom. The second-order valence-electron chi connectivity index (χ2n) is 4.94. The van der Waals surface area contributed by atoms with Crippen LogP contribution in [-0.4, -0.2) is 31.1 Å². The van der Waals surface area contributed by atoms with E-state index < -0.39 is 0 Å². The summed E-state index contributed by atoms with van der Waals surface area (Å²) in [7, 11) is 0. The van der Waals surface area contributed by atoms with Gasteiger partial charge >= 0.3 is 6.03 Å². The standard InChI is InChI=1S/C14H17Cl2N3O2/c1-9(20)19(11-4-5-12(15)13(16)8-11)7-6-17-14(21)18-10-2-3-10/h4-5,8,10H,2-3,6-7H2,1H3,(H2,17,18,21). The molecule has 0 aromatic heterocycles. The first kappa shape index (κ1) is 15.9. The molecule has 1 aliphatic rings. The predicted octanol–water partition coefficient (Wildman–Crippen LogP) is 2.81. The topological polar surface area (TPSA) is 61.4 Å².